The first-order valence-electron chi connectivity index (χ1n) is 11.3. The second-order valence-corrected chi connectivity index (χ2v) is 9.57. The van der Waals surface area contributed by atoms with E-state index in [-0.39, 0.29) is 47.8 Å². The summed E-state index contributed by atoms with van der Waals surface area (Å²) in [6.45, 7) is 0. The summed E-state index contributed by atoms with van der Waals surface area (Å²) in [5.41, 5.74) is 2.61. The molecule has 1 saturated heterocycles. The van der Waals surface area contributed by atoms with Gasteiger partial charge in [0.05, 0.1) is 35.3 Å². The number of carbonyl (C=O) groups is 3. The van der Waals surface area contributed by atoms with E-state index in [0.717, 1.165) is 11.9 Å². The number of hydrogen-bond acceptors (Lipinski definition) is 5. The molecule has 1 N–H and O–H groups in total. The first-order chi connectivity index (χ1) is 16.5. The van der Waals surface area contributed by atoms with Crippen LogP contribution in [0.25, 0.3) is 11.0 Å². The highest BCUT2D eigenvalue weighted by molar-refractivity contribution is 6.30. The Labute approximate surface area is 200 Å². The molecule has 2 aliphatic carbocycles. The lowest BCUT2D eigenvalue weighted by atomic mass is 9.85. The number of benzene rings is 2. The standard InChI is InChI=1S/C26H21ClN4O3/c27-17-3-1-2-14(11-17)21(31-25(33)23-15-4-5-16(10-15)24(23)26(31)34)13-22(32)30-18-6-7-19-20(12-18)29-9-8-28-19/h1-9,11-12,15-16,21,23-24H,10,13H2,(H,30,32). The summed E-state index contributed by atoms with van der Waals surface area (Å²) in [4.78, 5) is 49.9. The number of halogens is 1. The van der Waals surface area contributed by atoms with Gasteiger partial charge in [0, 0.05) is 23.1 Å². The molecule has 6 rings (SSSR count). The number of carbonyl (C=O) groups excluding carboxylic acids is 3. The number of hydrogen-bond donors (Lipinski definition) is 1. The predicted octanol–water partition coefficient (Wildman–Crippen LogP) is 4.16. The minimum atomic E-state index is -0.732. The highest BCUT2D eigenvalue weighted by Gasteiger charge is 2.60. The van der Waals surface area contributed by atoms with Gasteiger partial charge >= 0.3 is 0 Å². The molecule has 1 saturated carbocycles. The van der Waals surface area contributed by atoms with E-state index in [2.05, 4.69) is 27.4 Å². The summed E-state index contributed by atoms with van der Waals surface area (Å²) in [7, 11) is 0. The van der Waals surface area contributed by atoms with E-state index in [1.807, 2.05) is 0 Å². The van der Waals surface area contributed by atoms with Crippen molar-refractivity contribution in [3.05, 3.63) is 77.6 Å². The third-order valence-electron chi connectivity index (χ3n) is 7.18. The maximum absolute atomic E-state index is 13.5. The van der Waals surface area contributed by atoms with Gasteiger partial charge in [0.1, 0.15) is 0 Å². The van der Waals surface area contributed by atoms with Crippen molar-refractivity contribution in [3.63, 3.8) is 0 Å². The predicted molar refractivity (Wildman–Crippen MR) is 127 cm³/mol. The maximum atomic E-state index is 13.5. The van der Waals surface area contributed by atoms with Crippen LogP contribution in [0.3, 0.4) is 0 Å². The fourth-order valence-electron chi connectivity index (χ4n) is 5.73. The molecule has 2 fully saturated rings. The van der Waals surface area contributed by atoms with Gasteiger partial charge in [-0.15, -0.1) is 0 Å². The molecule has 5 atom stereocenters. The molecule has 2 aromatic carbocycles. The normalized spacial score (nSPS) is 25.7. The molecule has 34 heavy (non-hydrogen) atoms. The number of rotatable bonds is 5. The van der Waals surface area contributed by atoms with Crippen molar-refractivity contribution in [2.24, 2.45) is 23.7 Å². The van der Waals surface area contributed by atoms with Gasteiger partial charge in [-0.25, -0.2) is 0 Å². The Bertz CT molecular complexity index is 1340. The Morgan fingerprint density at radius 2 is 1.71 bits per heavy atom. The monoisotopic (exact) mass is 472 g/mol. The van der Waals surface area contributed by atoms with Crippen molar-refractivity contribution >= 4 is 46.0 Å². The van der Waals surface area contributed by atoms with Gasteiger partial charge in [0.25, 0.3) is 0 Å². The molecule has 1 aliphatic heterocycles. The highest BCUT2D eigenvalue weighted by atomic mass is 35.5. The van der Waals surface area contributed by atoms with Crippen molar-refractivity contribution < 1.29 is 14.4 Å². The van der Waals surface area contributed by atoms with Crippen molar-refractivity contribution in [2.45, 2.75) is 18.9 Å². The van der Waals surface area contributed by atoms with Gasteiger partial charge in [-0.3, -0.25) is 29.3 Å². The van der Waals surface area contributed by atoms with Crippen LogP contribution in [-0.2, 0) is 14.4 Å². The van der Waals surface area contributed by atoms with E-state index in [1.165, 1.54) is 4.90 Å². The van der Waals surface area contributed by atoms with Crippen LogP contribution in [0.2, 0.25) is 5.02 Å². The molecule has 170 valence electrons. The summed E-state index contributed by atoms with van der Waals surface area (Å²) in [6.07, 6.45) is 8.10. The van der Waals surface area contributed by atoms with Crippen LogP contribution in [0.1, 0.15) is 24.4 Å². The van der Waals surface area contributed by atoms with Gasteiger partial charge in [-0.05, 0) is 54.2 Å². The van der Waals surface area contributed by atoms with Crippen molar-refractivity contribution in [2.75, 3.05) is 5.32 Å². The van der Waals surface area contributed by atoms with Crippen molar-refractivity contribution in [1.82, 2.24) is 14.9 Å². The van der Waals surface area contributed by atoms with Gasteiger partial charge < -0.3 is 5.32 Å². The summed E-state index contributed by atoms with van der Waals surface area (Å²) >= 11 is 6.23. The summed E-state index contributed by atoms with van der Waals surface area (Å²) in [5, 5.41) is 3.36. The average molecular weight is 473 g/mol. The Hall–Kier alpha value is -3.58. The molecule has 8 heteroatoms. The first-order valence-corrected chi connectivity index (χ1v) is 11.7. The fraction of sp³-hybridized carbons (Fsp3) is 0.269. The molecule has 7 nitrogen and oxygen atoms in total. The van der Waals surface area contributed by atoms with E-state index < -0.39 is 6.04 Å². The summed E-state index contributed by atoms with van der Waals surface area (Å²) in [5.74, 6) is -1.14. The number of nitrogens with zero attached hydrogens (tertiary/aromatic N) is 3. The van der Waals surface area contributed by atoms with Crippen LogP contribution in [0.15, 0.2) is 67.0 Å². The second-order valence-electron chi connectivity index (χ2n) is 9.13. The molecule has 5 unspecified atom stereocenters. The number of amides is 3. The lowest BCUT2D eigenvalue weighted by Crippen LogP contribution is -2.38. The van der Waals surface area contributed by atoms with Crippen molar-refractivity contribution in [3.8, 4) is 0 Å². The molecule has 2 bridgehead atoms. The molecule has 3 aliphatic rings. The number of aromatic nitrogens is 2. The third-order valence-corrected chi connectivity index (χ3v) is 7.42. The van der Waals surface area contributed by atoms with E-state index in [4.69, 9.17) is 11.6 Å². The van der Waals surface area contributed by atoms with Crippen LogP contribution in [-0.4, -0.2) is 32.6 Å². The quantitative estimate of drug-likeness (QED) is 0.444. The molecular weight excluding hydrogens is 452 g/mol. The fourth-order valence-corrected chi connectivity index (χ4v) is 5.93. The van der Waals surface area contributed by atoms with Crippen molar-refractivity contribution in [1.29, 1.82) is 0 Å². The van der Waals surface area contributed by atoms with Crippen LogP contribution in [0.5, 0.6) is 0 Å². The van der Waals surface area contributed by atoms with E-state index in [9.17, 15) is 14.4 Å². The zero-order valence-electron chi connectivity index (χ0n) is 18.1. The van der Waals surface area contributed by atoms with Gasteiger partial charge in [0.15, 0.2) is 0 Å². The van der Waals surface area contributed by atoms with Crippen LogP contribution in [0.4, 0.5) is 5.69 Å². The Balaban J connectivity index is 1.29. The van der Waals surface area contributed by atoms with Crippen LogP contribution in [0, 0.1) is 23.7 Å². The highest BCUT2D eigenvalue weighted by Crippen LogP contribution is 2.54. The third kappa shape index (κ3) is 3.39. The van der Waals surface area contributed by atoms with E-state index >= 15 is 0 Å². The maximum Gasteiger partial charge on any atom is 0.234 e. The van der Waals surface area contributed by atoms with Gasteiger partial charge in [-0.2, -0.15) is 0 Å². The topological polar surface area (TPSA) is 92.3 Å². The largest absolute Gasteiger partial charge is 0.326 e. The average Bonchev–Trinajstić information content (AvgIpc) is 3.51. The number of fused-ring (bicyclic) bond motifs is 6. The Kier molecular flexibility index (Phi) is 4.95. The molecule has 0 radical (unpaired) electrons. The first kappa shape index (κ1) is 21.0. The number of nitrogens with one attached hydrogen (secondary N) is 1. The van der Waals surface area contributed by atoms with Crippen LogP contribution < -0.4 is 5.32 Å². The second kappa shape index (κ2) is 8.02. The molecule has 1 aromatic heterocycles. The number of likely N-dealkylation sites (tertiary alicyclic amines) is 1. The van der Waals surface area contributed by atoms with E-state index in [1.54, 1.807) is 54.9 Å². The molecule has 2 heterocycles. The SMILES string of the molecule is O=C(CC(c1cccc(Cl)c1)N1C(=O)C2C3C=CC(C3)C2C1=O)Nc1ccc2nccnc2c1. The van der Waals surface area contributed by atoms with Gasteiger partial charge in [0.2, 0.25) is 17.7 Å². The number of imide groups is 1. The van der Waals surface area contributed by atoms with Gasteiger partial charge in [-0.1, -0.05) is 35.9 Å². The molecular formula is C26H21ClN4O3. The van der Waals surface area contributed by atoms with Crippen LogP contribution >= 0.6 is 11.6 Å². The lowest BCUT2D eigenvalue weighted by Gasteiger charge is -2.28. The van der Waals surface area contributed by atoms with E-state index in [0.29, 0.717) is 21.8 Å². The lowest BCUT2D eigenvalue weighted by molar-refractivity contribution is -0.144. The smallest absolute Gasteiger partial charge is 0.234 e. The summed E-state index contributed by atoms with van der Waals surface area (Å²) in [6, 6.07) is 11.6. The number of allylic oxidation sites excluding steroid dienone is 2. The Morgan fingerprint density at radius 1 is 1.00 bits per heavy atom. The minimum absolute atomic E-state index is 0.0709. The zero-order valence-corrected chi connectivity index (χ0v) is 18.9. The minimum Gasteiger partial charge on any atom is -0.326 e. The Morgan fingerprint density at radius 3 is 2.41 bits per heavy atom. The summed E-state index contributed by atoms with van der Waals surface area (Å²) < 4.78 is 0. The zero-order chi connectivity index (χ0) is 23.4. The molecule has 3 aromatic rings. The molecule has 3 amide bonds. The molecule has 0 spiro atoms. The number of anilines is 1.